The zero-order chi connectivity index (χ0) is 18.9. The van der Waals surface area contributed by atoms with Crippen molar-refractivity contribution in [2.24, 2.45) is 5.10 Å². The Balaban J connectivity index is 1.65. The Kier molecular flexibility index (Phi) is 4.14. The van der Waals surface area contributed by atoms with Crippen LogP contribution in [0, 0.1) is 6.92 Å². The highest BCUT2D eigenvalue weighted by molar-refractivity contribution is 7.22. The smallest absolute Gasteiger partial charge is 0.204 e. The van der Waals surface area contributed by atoms with E-state index in [0.717, 1.165) is 48.6 Å². The van der Waals surface area contributed by atoms with Gasteiger partial charge in [-0.2, -0.15) is 5.10 Å². The van der Waals surface area contributed by atoms with Crippen LogP contribution in [0.1, 0.15) is 5.56 Å². The van der Waals surface area contributed by atoms with Gasteiger partial charge in [0.15, 0.2) is 0 Å². The van der Waals surface area contributed by atoms with Gasteiger partial charge >= 0.3 is 0 Å². The summed E-state index contributed by atoms with van der Waals surface area (Å²) in [5.74, 6) is 0.779. The number of para-hydroxylation sites is 1. The molecule has 0 aliphatic carbocycles. The normalized spacial score (nSPS) is 12.0. The summed E-state index contributed by atoms with van der Waals surface area (Å²) in [5, 5.41) is 7.22. The molecule has 0 amide bonds. The quantitative estimate of drug-likeness (QED) is 0.392. The average molecular weight is 383 g/mol. The summed E-state index contributed by atoms with van der Waals surface area (Å²) in [6.45, 7) is 2.06. The number of fused-ring (bicyclic) bond motifs is 2. The molecule has 5 aromatic rings. The molecule has 0 unspecified atom stereocenters. The Morgan fingerprint density at radius 3 is 2.61 bits per heavy atom. The number of anilines is 1. The minimum atomic E-state index is 0.768. The van der Waals surface area contributed by atoms with Crippen molar-refractivity contribution in [3.8, 4) is 11.3 Å². The average Bonchev–Trinajstić information content (AvgIpc) is 3.15. The monoisotopic (exact) mass is 383 g/mol. The van der Waals surface area contributed by atoms with Gasteiger partial charge in [0, 0.05) is 17.0 Å². The zero-order valence-corrected chi connectivity index (χ0v) is 16.0. The first-order valence-corrected chi connectivity index (χ1v) is 9.83. The van der Waals surface area contributed by atoms with Crippen molar-refractivity contribution in [3.63, 3.8) is 0 Å². The summed E-state index contributed by atoms with van der Waals surface area (Å²) in [6, 6.07) is 26.2. The number of aryl methyl sites for hydroxylation is 1. The first-order valence-electron chi connectivity index (χ1n) is 9.01. The van der Waals surface area contributed by atoms with Gasteiger partial charge in [-0.1, -0.05) is 65.4 Å². The second-order valence-corrected chi connectivity index (χ2v) is 7.60. The highest BCUT2D eigenvalue weighted by atomic mass is 32.1. The number of thiazole rings is 1. The van der Waals surface area contributed by atoms with Gasteiger partial charge in [-0.25, -0.2) is 4.98 Å². The van der Waals surface area contributed by atoms with Crippen molar-refractivity contribution in [2.45, 2.75) is 6.92 Å². The third-order valence-electron chi connectivity index (χ3n) is 4.52. The molecule has 5 rings (SSSR count). The van der Waals surface area contributed by atoms with Crippen LogP contribution in [0.25, 0.3) is 32.5 Å². The standard InChI is InChI=1S/C23H17N3OS/c1-15-11-12-20-17(13-15)19(14-21(27-20)16-7-3-2-4-8-16)25-26-23-24-18-9-5-6-10-22(18)28-23/h2-14H,1H3,(H,24,26)/b25-19-. The van der Waals surface area contributed by atoms with E-state index in [4.69, 9.17) is 4.42 Å². The van der Waals surface area contributed by atoms with Crippen LogP contribution >= 0.6 is 11.3 Å². The predicted molar refractivity (Wildman–Crippen MR) is 115 cm³/mol. The minimum absolute atomic E-state index is 0.768. The maximum atomic E-state index is 6.14. The number of benzene rings is 3. The van der Waals surface area contributed by atoms with Gasteiger partial charge in [-0.05, 0) is 31.2 Å². The van der Waals surface area contributed by atoms with Crippen molar-refractivity contribution in [3.05, 3.63) is 89.8 Å². The maximum absolute atomic E-state index is 6.14. The summed E-state index contributed by atoms with van der Waals surface area (Å²) in [4.78, 5) is 4.60. The molecule has 28 heavy (non-hydrogen) atoms. The lowest BCUT2D eigenvalue weighted by Gasteiger charge is -2.06. The first-order chi connectivity index (χ1) is 13.8. The van der Waals surface area contributed by atoms with E-state index in [1.807, 2.05) is 66.7 Å². The molecular weight excluding hydrogens is 366 g/mol. The molecule has 0 radical (unpaired) electrons. The molecule has 0 aliphatic heterocycles. The van der Waals surface area contributed by atoms with E-state index in [0.29, 0.717) is 0 Å². The molecule has 0 saturated heterocycles. The van der Waals surface area contributed by atoms with Crippen molar-refractivity contribution in [1.29, 1.82) is 0 Å². The van der Waals surface area contributed by atoms with E-state index in [2.05, 4.69) is 34.6 Å². The number of rotatable bonds is 3. The number of nitrogens with one attached hydrogen (secondary N) is 1. The second-order valence-electron chi connectivity index (χ2n) is 6.57. The van der Waals surface area contributed by atoms with Crippen molar-refractivity contribution in [2.75, 3.05) is 5.43 Å². The van der Waals surface area contributed by atoms with Gasteiger partial charge in [-0.15, -0.1) is 0 Å². The van der Waals surface area contributed by atoms with E-state index in [1.165, 1.54) is 0 Å². The van der Waals surface area contributed by atoms with E-state index in [9.17, 15) is 0 Å². The molecule has 5 heteroatoms. The first kappa shape index (κ1) is 16.7. The van der Waals surface area contributed by atoms with E-state index < -0.39 is 0 Å². The van der Waals surface area contributed by atoms with Crippen LogP contribution in [0.3, 0.4) is 0 Å². The Hall–Kier alpha value is -3.44. The van der Waals surface area contributed by atoms with E-state index in [1.54, 1.807) is 11.3 Å². The number of hydrogen-bond donors (Lipinski definition) is 1. The van der Waals surface area contributed by atoms with Gasteiger partial charge in [0.25, 0.3) is 0 Å². The zero-order valence-electron chi connectivity index (χ0n) is 15.2. The molecule has 0 atom stereocenters. The van der Waals surface area contributed by atoms with Gasteiger partial charge in [0.05, 0.1) is 15.6 Å². The molecule has 2 aromatic heterocycles. The van der Waals surface area contributed by atoms with Gasteiger partial charge < -0.3 is 4.42 Å². The van der Waals surface area contributed by atoms with E-state index >= 15 is 0 Å². The van der Waals surface area contributed by atoms with Crippen LogP contribution in [-0.4, -0.2) is 4.98 Å². The fraction of sp³-hybridized carbons (Fsp3) is 0.0435. The highest BCUT2D eigenvalue weighted by Crippen LogP contribution is 2.26. The minimum Gasteiger partial charge on any atom is -0.456 e. The lowest BCUT2D eigenvalue weighted by atomic mass is 10.1. The lowest BCUT2D eigenvalue weighted by molar-refractivity contribution is 0.618. The molecule has 1 N–H and O–H groups in total. The highest BCUT2D eigenvalue weighted by Gasteiger charge is 2.07. The third-order valence-corrected chi connectivity index (χ3v) is 5.46. The second kappa shape index (κ2) is 6.94. The summed E-state index contributed by atoms with van der Waals surface area (Å²) in [7, 11) is 0. The van der Waals surface area contributed by atoms with Gasteiger partial charge in [-0.3, -0.25) is 5.43 Å². The SMILES string of the molecule is Cc1ccc2oc(-c3ccccc3)c/c(=N/Nc3nc4ccccc4s3)c2c1. The molecule has 136 valence electrons. The molecule has 0 saturated carbocycles. The lowest BCUT2D eigenvalue weighted by Crippen LogP contribution is -2.07. The maximum Gasteiger partial charge on any atom is 0.204 e. The molecular formula is C23H17N3OS. The van der Waals surface area contributed by atoms with E-state index in [-0.39, 0.29) is 0 Å². The molecule has 3 aromatic carbocycles. The Morgan fingerprint density at radius 1 is 0.929 bits per heavy atom. The largest absolute Gasteiger partial charge is 0.456 e. The van der Waals surface area contributed by atoms with Crippen molar-refractivity contribution >= 4 is 37.7 Å². The summed E-state index contributed by atoms with van der Waals surface area (Å²) < 4.78 is 7.28. The fourth-order valence-electron chi connectivity index (χ4n) is 3.15. The topological polar surface area (TPSA) is 50.4 Å². The number of aromatic nitrogens is 1. The number of nitrogens with zero attached hydrogens (tertiary/aromatic N) is 2. The predicted octanol–water partition coefficient (Wildman–Crippen LogP) is 5.95. The Labute approximate surface area is 165 Å². The molecule has 4 nitrogen and oxygen atoms in total. The molecule has 0 aliphatic rings. The van der Waals surface area contributed by atoms with Crippen LogP contribution in [0.4, 0.5) is 5.13 Å². The Morgan fingerprint density at radius 2 is 1.75 bits per heavy atom. The Bertz CT molecular complexity index is 1320. The van der Waals surface area contributed by atoms with Crippen LogP contribution < -0.4 is 10.8 Å². The summed E-state index contributed by atoms with van der Waals surface area (Å²) in [6.07, 6.45) is 0. The molecule has 0 bridgehead atoms. The van der Waals surface area contributed by atoms with Crippen molar-refractivity contribution in [1.82, 2.24) is 4.98 Å². The van der Waals surface area contributed by atoms with Crippen LogP contribution in [0.5, 0.6) is 0 Å². The number of hydrogen-bond acceptors (Lipinski definition) is 5. The molecule has 0 spiro atoms. The summed E-state index contributed by atoms with van der Waals surface area (Å²) in [5.41, 5.74) is 7.08. The van der Waals surface area contributed by atoms with Crippen molar-refractivity contribution < 1.29 is 4.42 Å². The van der Waals surface area contributed by atoms with Gasteiger partial charge in [0.2, 0.25) is 5.13 Å². The summed E-state index contributed by atoms with van der Waals surface area (Å²) >= 11 is 1.59. The van der Waals surface area contributed by atoms with Crippen LogP contribution in [0.2, 0.25) is 0 Å². The third kappa shape index (κ3) is 3.17. The molecule has 0 fully saturated rings. The molecule has 2 heterocycles. The van der Waals surface area contributed by atoms with Crippen LogP contribution in [-0.2, 0) is 0 Å². The van der Waals surface area contributed by atoms with Crippen LogP contribution in [0.15, 0.2) is 88.4 Å². The van der Waals surface area contributed by atoms with Gasteiger partial charge in [0.1, 0.15) is 11.3 Å². The fourth-order valence-corrected chi connectivity index (χ4v) is 3.96.